The van der Waals surface area contributed by atoms with E-state index in [-0.39, 0.29) is 11.6 Å². The van der Waals surface area contributed by atoms with Crippen molar-refractivity contribution in [2.24, 2.45) is 0 Å². The first-order valence-corrected chi connectivity index (χ1v) is 7.01. The summed E-state index contributed by atoms with van der Waals surface area (Å²) in [5.74, 6) is 0.528. The van der Waals surface area contributed by atoms with E-state index < -0.39 is 0 Å². The van der Waals surface area contributed by atoms with Crippen molar-refractivity contribution in [3.05, 3.63) is 54.0 Å². The molecule has 1 aromatic carbocycles. The van der Waals surface area contributed by atoms with E-state index in [2.05, 4.69) is 10.2 Å². The number of halogens is 1. The summed E-state index contributed by atoms with van der Waals surface area (Å²) in [5, 5.41) is 8.99. The molecule has 0 saturated carbocycles. The van der Waals surface area contributed by atoms with E-state index in [1.165, 1.54) is 24.9 Å². The average molecular weight is 289 g/mol. The SMILES string of the molecule is COc1ccc(CSc2nnc3ccccn23)cc1F. The van der Waals surface area contributed by atoms with Crippen molar-refractivity contribution in [1.29, 1.82) is 0 Å². The third kappa shape index (κ3) is 2.46. The molecule has 3 aromatic rings. The third-order valence-electron chi connectivity index (χ3n) is 2.87. The molecule has 20 heavy (non-hydrogen) atoms. The fourth-order valence-electron chi connectivity index (χ4n) is 1.87. The van der Waals surface area contributed by atoms with Crippen molar-refractivity contribution in [3.8, 4) is 5.75 Å². The molecule has 0 fully saturated rings. The minimum absolute atomic E-state index is 0.256. The van der Waals surface area contributed by atoms with Crippen molar-refractivity contribution in [2.75, 3.05) is 7.11 Å². The molecule has 0 N–H and O–H groups in total. The quantitative estimate of drug-likeness (QED) is 0.692. The maximum absolute atomic E-state index is 13.6. The Kier molecular flexibility index (Phi) is 3.56. The van der Waals surface area contributed by atoms with Gasteiger partial charge in [0.25, 0.3) is 0 Å². The fourth-order valence-corrected chi connectivity index (χ4v) is 2.73. The lowest BCUT2D eigenvalue weighted by Gasteiger charge is -2.04. The van der Waals surface area contributed by atoms with Gasteiger partial charge in [-0.1, -0.05) is 23.9 Å². The number of nitrogens with zero attached hydrogens (tertiary/aromatic N) is 3. The Morgan fingerprint density at radius 3 is 2.95 bits per heavy atom. The van der Waals surface area contributed by atoms with Gasteiger partial charge in [-0.15, -0.1) is 10.2 Å². The zero-order chi connectivity index (χ0) is 13.9. The highest BCUT2D eigenvalue weighted by atomic mass is 32.2. The van der Waals surface area contributed by atoms with Crippen LogP contribution in [0.4, 0.5) is 4.39 Å². The Hall–Kier alpha value is -2.08. The summed E-state index contributed by atoms with van der Waals surface area (Å²) >= 11 is 1.51. The van der Waals surface area contributed by atoms with Gasteiger partial charge in [0.15, 0.2) is 22.4 Å². The molecule has 2 aromatic heterocycles. The second-order valence-corrected chi connectivity index (χ2v) is 5.11. The Morgan fingerprint density at radius 2 is 2.15 bits per heavy atom. The number of hydrogen-bond donors (Lipinski definition) is 0. The molecule has 0 radical (unpaired) electrons. The molecule has 0 aliphatic heterocycles. The molecule has 102 valence electrons. The molecule has 2 heterocycles. The molecule has 0 aliphatic carbocycles. The molecule has 0 unspecified atom stereocenters. The fraction of sp³-hybridized carbons (Fsp3) is 0.143. The molecular weight excluding hydrogens is 277 g/mol. The van der Waals surface area contributed by atoms with Crippen LogP contribution in [0.5, 0.6) is 5.75 Å². The van der Waals surface area contributed by atoms with E-state index in [4.69, 9.17) is 4.74 Å². The van der Waals surface area contributed by atoms with Crippen LogP contribution in [0.25, 0.3) is 5.65 Å². The van der Waals surface area contributed by atoms with Crippen LogP contribution in [0, 0.1) is 5.82 Å². The highest BCUT2D eigenvalue weighted by molar-refractivity contribution is 7.98. The summed E-state index contributed by atoms with van der Waals surface area (Å²) < 4.78 is 20.4. The summed E-state index contributed by atoms with van der Waals surface area (Å²) in [6.07, 6.45) is 1.91. The van der Waals surface area contributed by atoms with Crippen molar-refractivity contribution < 1.29 is 9.13 Å². The van der Waals surface area contributed by atoms with E-state index in [1.54, 1.807) is 6.07 Å². The first kappa shape index (κ1) is 12.9. The topological polar surface area (TPSA) is 39.4 Å². The van der Waals surface area contributed by atoms with Crippen LogP contribution >= 0.6 is 11.8 Å². The van der Waals surface area contributed by atoms with Gasteiger partial charge in [-0.05, 0) is 29.8 Å². The second-order valence-electron chi connectivity index (χ2n) is 4.17. The highest BCUT2D eigenvalue weighted by Gasteiger charge is 2.07. The number of methoxy groups -OCH3 is 1. The minimum atomic E-state index is -0.350. The molecule has 0 atom stereocenters. The smallest absolute Gasteiger partial charge is 0.195 e. The average Bonchev–Trinajstić information content (AvgIpc) is 2.88. The van der Waals surface area contributed by atoms with E-state index >= 15 is 0 Å². The number of fused-ring (bicyclic) bond motifs is 1. The molecule has 0 amide bonds. The summed E-state index contributed by atoms with van der Waals surface area (Å²) in [6.45, 7) is 0. The van der Waals surface area contributed by atoms with Gasteiger partial charge >= 0.3 is 0 Å². The molecule has 0 spiro atoms. The summed E-state index contributed by atoms with van der Waals surface area (Å²) in [7, 11) is 1.45. The zero-order valence-electron chi connectivity index (χ0n) is 10.8. The van der Waals surface area contributed by atoms with E-state index in [1.807, 2.05) is 34.9 Å². The van der Waals surface area contributed by atoms with Crippen molar-refractivity contribution in [2.45, 2.75) is 10.9 Å². The second kappa shape index (κ2) is 5.50. The minimum Gasteiger partial charge on any atom is -0.494 e. The maximum atomic E-state index is 13.6. The van der Waals surface area contributed by atoms with Gasteiger partial charge in [0.1, 0.15) is 0 Å². The zero-order valence-corrected chi connectivity index (χ0v) is 11.6. The van der Waals surface area contributed by atoms with Gasteiger partial charge in [-0.25, -0.2) is 4.39 Å². The Bertz CT molecular complexity index is 744. The van der Waals surface area contributed by atoms with Crippen LogP contribution in [0.2, 0.25) is 0 Å². The normalized spacial score (nSPS) is 10.9. The maximum Gasteiger partial charge on any atom is 0.195 e. The lowest BCUT2D eigenvalue weighted by Crippen LogP contribution is -1.91. The molecule has 0 bridgehead atoms. The lowest BCUT2D eigenvalue weighted by molar-refractivity contribution is 0.386. The summed E-state index contributed by atoms with van der Waals surface area (Å²) in [6, 6.07) is 10.7. The van der Waals surface area contributed by atoms with Gasteiger partial charge in [0, 0.05) is 11.9 Å². The van der Waals surface area contributed by atoms with Gasteiger partial charge in [-0.2, -0.15) is 0 Å². The molecule has 0 aliphatic rings. The molecule has 4 nitrogen and oxygen atoms in total. The highest BCUT2D eigenvalue weighted by Crippen LogP contribution is 2.24. The van der Waals surface area contributed by atoms with Crippen LogP contribution in [0.3, 0.4) is 0 Å². The Balaban J connectivity index is 1.78. The first-order chi connectivity index (χ1) is 9.78. The molecule has 0 saturated heterocycles. The number of rotatable bonds is 4. The Morgan fingerprint density at radius 1 is 1.25 bits per heavy atom. The summed E-state index contributed by atoms with van der Waals surface area (Å²) in [4.78, 5) is 0. The van der Waals surface area contributed by atoms with Crippen molar-refractivity contribution in [3.63, 3.8) is 0 Å². The van der Waals surface area contributed by atoms with Crippen molar-refractivity contribution >= 4 is 17.4 Å². The monoisotopic (exact) mass is 289 g/mol. The Labute approximate surface area is 119 Å². The van der Waals surface area contributed by atoms with Gasteiger partial charge in [0.2, 0.25) is 0 Å². The van der Waals surface area contributed by atoms with Crippen LogP contribution in [0.1, 0.15) is 5.56 Å². The molecule has 3 rings (SSSR count). The van der Waals surface area contributed by atoms with E-state index in [9.17, 15) is 4.39 Å². The lowest BCUT2D eigenvalue weighted by atomic mass is 10.2. The number of thioether (sulfide) groups is 1. The van der Waals surface area contributed by atoms with Gasteiger partial charge in [-0.3, -0.25) is 4.40 Å². The van der Waals surface area contributed by atoms with Crippen LogP contribution in [-0.4, -0.2) is 21.7 Å². The molecule has 6 heteroatoms. The predicted octanol–water partition coefficient (Wildman–Crippen LogP) is 3.17. The van der Waals surface area contributed by atoms with Crippen LogP contribution < -0.4 is 4.74 Å². The number of benzene rings is 1. The van der Waals surface area contributed by atoms with Crippen molar-refractivity contribution in [1.82, 2.24) is 14.6 Å². The van der Waals surface area contributed by atoms with E-state index in [0.29, 0.717) is 5.75 Å². The largest absolute Gasteiger partial charge is 0.494 e. The van der Waals surface area contributed by atoms with Crippen LogP contribution in [-0.2, 0) is 5.75 Å². The van der Waals surface area contributed by atoms with Gasteiger partial charge < -0.3 is 4.74 Å². The first-order valence-electron chi connectivity index (χ1n) is 6.03. The van der Waals surface area contributed by atoms with E-state index in [0.717, 1.165) is 16.4 Å². The number of hydrogen-bond acceptors (Lipinski definition) is 4. The number of pyridine rings is 1. The standard InChI is InChI=1S/C14H12FN3OS/c1-19-12-6-5-10(8-11(12)15)9-20-14-17-16-13-4-2-3-7-18(13)14/h2-8H,9H2,1H3. The number of aromatic nitrogens is 3. The van der Waals surface area contributed by atoms with Crippen LogP contribution in [0.15, 0.2) is 47.8 Å². The third-order valence-corrected chi connectivity index (χ3v) is 3.88. The molecular formula is C14H12FN3OS. The summed E-state index contributed by atoms with van der Waals surface area (Å²) in [5.41, 5.74) is 1.68. The predicted molar refractivity (Wildman–Crippen MR) is 75.5 cm³/mol. The number of ether oxygens (including phenoxy) is 1. The van der Waals surface area contributed by atoms with Gasteiger partial charge in [0.05, 0.1) is 7.11 Å².